The van der Waals surface area contributed by atoms with E-state index in [1.807, 2.05) is 0 Å². The van der Waals surface area contributed by atoms with Crippen molar-refractivity contribution in [3.63, 3.8) is 0 Å². The first kappa shape index (κ1) is 26.8. The molecule has 2 rings (SSSR count). The number of hydrogen-bond acceptors (Lipinski definition) is 11. The maximum Gasteiger partial charge on any atom is 0.187 e. The van der Waals surface area contributed by atoms with E-state index in [2.05, 4.69) is 6.92 Å². The molecule has 11 heteroatoms. The molecule has 7 N–H and O–H groups in total. The van der Waals surface area contributed by atoms with Crippen LogP contribution in [0.1, 0.15) is 45.4 Å². The van der Waals surface area contributed by atoms with Crippen LogP contribution < -0.4 is 0 Å². The van der Waals surface area contributed by atoms with Crippen LogP contribution in [0.3, 0.4) is 0 Å². The Morgan fingerprint density at radius 1 is 0.645 bits per heavy atom. The molecular weight excluding hydrogens is 416 g/mol. The molecule has 0 spiro atoms. The zero-order valence-corrected chi connectivity index (χ0v) is 17.9. The molecular formula is C20H38O11. The van der Waals surface area contributed by atoms with Crippen molar-refractivity contribution in [3.8, 4) is 0 Å². The van der Waals surface area contributed by atoms with Gasteiger partial charge in [0, 0.05) is 6.61 Å². The van der Waals surface area contributed by atoms with Gasteiger partial charge in [-0.1, -0.05) is 39.0 Å². The molecule has 184 valence electrons. The van der Waals surface area contributed by atoms with Gasteiger partial charge < -0.3 is 54.7 Å². The molecule has 31 heavy (non-hydrogen) atoms. The molecule has 0 amide bonds. The predicted octanol–water partition coefficient (Wildman–Crippen LogP) is -2.01. The summed E-state index contributed by atoms with van der Waals surface area (Å²) in [5.41, 5.74) is 0. The lowest BCUT2D eigenvalue weighted by Gasteiger charge is -2.45. The lowest BCUT2D eigenvalue weighted by atomic mass is 9.97. The maximum atomic E-state index is 10.5. The Bertz CT molecular complexity index is 494. The van der Waals surface area contributed by atoms with E-state index in [9.17, 15) is 35.7 Å². The maximum absolute atomic E-state index is 10.5. The van der Waals surface area contributed by atoms with Gasteiger partial charge in [-0.25, -0.2) is 0 Å². The summed E-state index contributed by atoms with van der Waals surface area (Å²) in [6, 6.07) is 0. The zero-order valence-electron chi connectivity index (χ0n) is 17.9. The summed E-state index contributed by atoms with van der Waals surface area (Å²) >= 11 is 0. The van der Waals surface area contributed by atoms with Gasteiger partial charge in [-0.3, -0.25) is 0 Å². The normalized spacial score (nSPS) is 41.4. The van der Waals surface area contributed by atoms with Crippen LogP contribution in [0, 0.1) is 0 Å². The van der Waals surface area contributed by atoms with Crippen LogP contribution >= 0.6 is 0 Å². The van der Waals surface area contributed by atoms with E-state index in [0.717, 1.165) is 32.1 Å². The van der Waals surface area contributed by atoms with Crippen molar-refractivity contribution >= 4 is 0 Å². The monoisotopic (exact) mass is 454 g/mol. The van der Waals surface area contributed by atoms with Crippen molar-refractivity contribution in [1.82, 2.24) is 0 Å². The van der Waals surface area contributed by atoms with E-state index in [1.54, 1.807) is 0 Å². The van der Waals surface area contributed by atoms with E-state index < -0.39 is 74.6 Å². The van der Waals surface area contributed by atoms with Crippen LogP contribution in [0.25, 0.3) is 0 Å². The third-order valence-corrected chi connectivity index (χ3v) is 5.74. The Hall–Kier alpha value is -0.440. The van der Waals surface area contributed by atoms with Crippen LogP contribution in [0.2, 0.25) is 0 Å². The molecule has 0 aromatic carbocycles. The minimum absolute atomic E-state index is 0.284. The molecule has 0 aliphatic carbocycles. The van der Waals surface area contributed by atoms with Crippen LogP contribution in [-0.4, -0.2) is 117 Å². The SMILES string of the molecule is CCCCCCCCOC1O[C@H](CO)[C@@H](O)[C@H](O)[C@@H]1OC1O[C@H](CO)[C@@H](O)[C@H](O)[C@@H]1O. The number of aliphatic hydroxyl groups excluding tert-OH is 7. The molecule has 0 aromatic rings. The summed E-state index contributed by atoms with van der Waals surface area (Å²) in [5.74, 6) is 0. The topological polar surface area (TPSA) is 179 Å². The fourth-order valence-electron chi connectivity index (χ4n) is 3.75. The van der Waals surface area contributed by atoms with Gasteiger partial charge in [0.15, 0.2) is 12.6 Å². The van der Waals surface area contributed by atoms with Gasteiger partial charge in [0.25, 0.3) is 0 Å². The third-order valence-electron chi connectivity index (χ3n) is 5.74. The van der Waals surface area contributed by atoms with Crippen molar-refractivity contribution in [2.45, 2.75) is 107 Å². The lowest BCUT2D eigenvalue weighted by Crippen LogP contribution is -2.64. The number of unbranched alkanes of at least 4 members (excludes halogenated alkanes) is 5. The zero-order chi connectivity index (χ0) is 23.0. The molecule has 0 bridgehead atoms. The first-order chi connectivity index (χ1) is 14.8. The Kier molecular flexibility index (Phi) is 11.5. The van der Waals surface area contributed by atoms with Crippen LogP contribution in [0.15, 0.2) is 0 Å². The third kappa shape index (κ3) is 7.02. The largest absolute Gasteiger partial charge is 0.394 e. The summed E-state index contributed by atoms with van der Waals surface area (Å²) in [5, 5.41) is 69.5. The van der Waals surface area contributed by atoms with Gasteiger partial charge in [0.2, 0.25) is 0 Å². The summed E-state index contributed by atoms with van der Waals surface area (Å²) in [4.78, 5) is 0. The molecule has 2 fully saturated rings. The number of hydrogen-bond donors (Lipinski definition) is 7. The highest BCUT2D eigenvalue weighted by atomic mass is 16.8. The minimum Gasteiger partial charge on any atom is -0.394 e. The van der Waals surface area contributed by atoms with Crippen LogP contribution in [0.4, 0.5) is 0 Å². The second kappa shape index (κ2) is 13.3. The Morgan fingerprint density at radius 3 is 1.81 bits per heavy atom. The van der Waals surface area contributed by atoms with Gasteiger partial charge in [-0.05, 0) is 6.42 Å². The van der Waals surface area contributed by atoms with Crippen molar-refractivity contribution in [3.05, 3.63) is 0 Å². The standard InChI is InChI=1S/C20H38O11/c1-2-3-4-5-6-7-8-28-20-18(16(26)14(24)12(10-22)30-20)31-19-17(27)15(25)13(23)11(9-21)29-19/h11-27H,2-10H2,1H3/t11-,12-,13-,14-,15+,16+,17+,18+,19?,20?/m1/s1. The summed E-state index contributed by atoms with van der Waals surface area (Å²) in [7, 11) is 0. The Balaban J connectivity index is 2.00. The fourth-order valence-corrected chi connectivity index (χ4v) is 3.75. The van der Waals surface area contributed by atoms with Crippen molar-refractivity contribution in [2.24, 2.45) is 0 Å². The highest BCUT2D eigenvalue weighted by molar-refractivity contribution is 4.93. The van der Waals surface area contributed by atoms with Crippen molar-refractivity contribution < 1.29 is 54.7 Å². The molecule has 0 aromatic heterocycles. The van der Waals surface area contributed by atoms with Crippen molar-refractivity contribution in [2.75, 3.05) is 19.8 Å². The van der Waals surface area contributed by atoms with Crippen molar-refractivity contribution in [1.29, 1.82) is 0 Å². The molecule has 0 saturated carbocycles. The molecule has 2 heterocycles. The lowest BCUT2D eigenvalue weighted by molar-refractivity contribution is -0.367. The van der Waals surface area contributed by atoms with Gasteiger partial charge in [0.05, 0.1) is 13.2 Å². The smallest absolute Gasteiger partial charge is 0.187 e. The quantitative estimate of drug-likeness (QED) is 0.162. The highest BCUT2D eigenvalue weighted by Crippen LogP contribution is 2.29. The predicted molar refractivity (Wildman–Crippen MR) is 106 cm³/mol. The summed E-state index contributed by atoms with van der Waals surface area (Å²) < 4.78 is 22.2. The van der Waals surface area contributed by atoms with Gasteiger partial charge in [-0.15, -0.1) is 0 Å². The highest BCUT2D eigenvalue weighted by Gasteiger charge is 2.50. The van der Waals surface area contributed by atoms with E-state index in [4.69, 9.17) is 18.9 Å². The molecule has 2 unspecified atom stereocenters. The number of ether oxygens (including phenoxy) is 4. The van der Waals surface area contributed by atoms with Gasteiger partial charge in [-0.2, -0.15) is 0 Å². The Morgan fingerprint density at radius 2 is 1.19 bits per heavy atom. The molecule has 10 atom stereocenters. The Labute approximate surface area is 182 Å². The first-order valence-corrected chi connectivity index (χ1v) is 11.1. The van der Waals surface area contributed by atoms with E-state index in [1.165, 1.54) is 6.42 Å². The molecule has 2 aliphatic heterocycles. The average Bonchev–Trinajstić information content (AvgIpc) is 2.77. The molecule has 0 radical (unpaired) electrons. The first-order valence-electron chi connectivity index (χ1n) is 11.1. The molecule has 2 aliphatic rings. The number of aliphatic hydroxyl groups is 7. The number of rotatable bonds is 12. The second-order valence-corrected chi connectivity index (χ2v) is 8.14. The van der Waals surface area contributed by atoms with E-state index >= 15 is 0 Å². The average molecular weight is 455 g/mol. The molecule has 2 saturated heterocycles. The summed E-state index contributed by atoms with van der Waals surface area (Å²) in [6.45, 7) is 1.23. The van der Waals surface area contributed by atoms with E-state index in [0.29, 0.717) is 0 Å². The van der Waals surface area contributed by atoms with Gasteiger partial charge >= 0.3 is 0 Å². The fraction of sp³-hybridized carbons (Fsp3) is 1.00. The van der Waals surface area contributed by atoms with E-state index in [-0.39, 0.29) is 6.61 Å². The van der Waals surface area contributed by atoms with Crippen LogP contribution in [0.5, 0.6) is 0 Å². The molecule has 11 nitrogen and oxygen atoms in total. The van der Waals surface area contributed by atoms with Crippen LogP contribution in [-0.2, 0) is 18.9 Å². The second-order valence-electron chi connectivity index (χ2n) is 8.14. The minimum atomic E-state index is -1.68. The summed E-state index contributed by atoms with van der Waals surface area (Å²) in [6.07, 6.45) is -8.07. The van der Waals surface area contributed by atoms with Gasteiger partial charge in [0.1, 0.15) is 48.8 Å².